The van der Waals surface area contributed by atoms with Crippen LogP contribution in [0.4, 0.5) is 4.79 Å². The second-order valence-electron chi connectivity index (χ2n) is 17.5. The van der Waals surface area contributed by atoms with Crippen molar-refractivity contribution in [2.45, 2.75) is 115 Å². The Bertz CT molecular complexity index is 1200. The normalized spacial score (nSPS) is 40.4. The Morgan fingerprint density at radius 3 is 2.34 bits per heavy atom. The lowest BCUT2D eigenvalue weighted by Crippen LogP contribution is -2.62. The van der Waals surface area contributed by atoms with Crippen LogP contribution in [0.3, 0.4) is 0 Å². The molecule has 0 spiro atoms. The van der Waals surface area contributed by atoms with Gasteiger partial charge < -0.3 is 35.0 Å². The zero-order valence-electron chi connectivity index (χ0n) is 32.4. The van der Waals surface area contributed by atoms with E-state index in [1.165, 1.54) is 11.3 Å². The lowest BCUT2D eigenvalue weighted by molar-refractivity contribution is -0.193. The third-order valence-corrected chi connectivity index (χ3v) is 14.1. The molecular formula is C38H67N5O7. The number of hydrogen-bond acceptors (Lipinski definition) is 9. The van der Waals surface area contributed by atoms with Gasteiger partial charge in [-0.05, 0) is 101 Å². The molecule has 0 radical (unpaired) electrons. The van der Waals surface area contributed by atoms with Crippen molar-refractivity contribution >= 4 is 17.9 Å². The van der Waals surface area contributed by atoms with Gasteiger partial charge in [0.25, 0.3) is 0 Å². The maximum atomic E-state index is 14.5. The van der Waals surface area contributed by atoms with Crippen molar-refractivity contribution in [2.24, 2.45) is 52.8 Å². The zero-order valence-corrected chi connectivity index (χ0v) is 32.4. The van der Waals surface area contributed by atoms with Gasteiger partial charge in [-0.3, -0.25) is 14.4 Å². The fourth-order valence-corrected chi connectivity index (χ4v) is 10.9. The molecule has 50 heavy (non-hydrogen) atoms. The number of nitrogens with zero attached hydrogens (tertiary/aromatic N) is 3. The molecule has 0 aromatic heterocycles. The van der Waals surface area contributed by atoms with E-state index < -0.39 is 30.3 Å². The van der Waals surface area contributed by atoms with E-state index in [0.717, 1.165) is 44.9 Å². The van der Waals surface area contributed by atoms with Crippen LogP contribution < -0.4 is 10.6 Å². The van der Waals surface area contributed by atoms with Crippen LogP contribution >= 0.6 is 0 Å². The van der Waals surface area contributed by atoms with Crippen LogP contribution in [-0.4, -0.2) is 130 Å². The van der Waals surface area contributed by atoms with Crippen molar-refractivity contribution in [1.29, 1.82) is 0 Å². The molecule has 6 fully saturated rings. The molecule has 12 heteroatoms. The average molecular weight is 706 g/mol. The molecule has 12 nitrogen and oxygen atoms in total. The molecular weight excluding hydrogens is 638 g/mol. The molecule has 6 aliphatic rings. The Balaban J connectivity index is 1.38. The number of aliphatic hydroxyl groups is 1. The van der Waals surface area contributed by atoms with E-state index in [0.29, 0.717) is 41.7 Å². The number of methoxy groups -OCH3 is 1. The predicted molar refractivity (Wildman–Crippen MR) is 191 cm³/mol. The van der Waals surface area contributed by atoms with Crippen molar-refractivity contribution in [3.8, 4) is 0 Å². The molecule has 1 saturated heterocycles. The van der Waals surface area contributed by atoms with Gasteiger partial charge in [0.15, 0.2) is 0 Å². The van der Waals surface area contributed by atoms with E-state index in [2.05, 4.69) is 50.4 Å². The van der Waals surface area contributed by atoms with Crippen molar-refractivity contribution < 1.29 is 33.8 Å². The van der Waals surface area contributed by atoms with Crippen molar-refractivity contribution in [2.75, 3.05) is 55.5 Å². The predicted octanol–water partition coefficient (Wildman–Crippen LogP) is 3.38. The molecule has 6 rings (SSSR count). The molecule has 5 saturated carbocycles. The number of carbonyl (C=O) groups excluding carboxylic acids is 3. The lowest BCUT2D eigenvalue weighted by Gasteiger charge is -2.62. The number of amides is 3. The van der Waals surface area contributed by atoms with Crippen molar-refractivity contribution in [3.63, 3.8) is 0 Å². The Morgan fingerprint density at radius 1 is 1.04 bits per heavy atom. The molecule has 1 heterocycles. The minimum Gasteiger partial charge on any atom is -0.446 e. The number of nitrogens with one attached hydrogen (secondary N) is 2. The second-order valence-corrected chi connectivity index (χ2v) is 17.5. The molecule has 3 amide bonds. The summed E-state index contributed by atoms with van der Waals surface area (Å²) in [5, 5.41) is 18.7. The smallest absolute Gasteiger partial charge is 0.409 e. The standard InChI is InChI=1S/C38H67N5O7/c1-21-29-17-26(38(29,3)4)18-30(21)40-36(46)33-32(22(2)49-37(47)42(8)9)31(20-44)50-43(33)19-23-12-11-13-28(34(23)48-10)24-14-25(35(45)39-5)16-27(15-24)41(6)7/h21-34,44H,11-20H2,1-10H3,(H,39,45)(H,40,46)/t21-,22-,23?,24?,25?,26+,27?,28?,29-,30-,31-,32+,33-,34?/m0/s1. The van der Waals surface area contributed by atoms with Gasteiger partial charge in [0, 0.05) is 58.7 Å². The lowest BCUT2D eigenvalue weighted by atomic mass is 9.45. The highest BCUT2D eigenvalue weighted by atomic mass is 16.7. The maximum Gasteiger partial charge on any atom is 0.409 e. The fraction of sp³-hybridized carbons (Fsp3) is 0.921. The minimum atomic E-state index is -0.751. The van der Waals surface area contributed by atoms with E-state index >= 15 is 0 Å². The maximum absolute atomic E-state index is 14.5. The molecule has 0 aromatic carbocycles. The molecule has 14 atom stereocenters. The first-order valence-corrected chi connectivity index (χ1v) is 19.3. The summed E-state index contributed by atoms with van der Waals surface area (Å²) >= 11 is 0. The first kappa shape index (κ1) is 39.2. The zero-order chi connectivity index (χ0) is 36.7. The fourth-order valence-electron chi connectivity index (χ4n) is 10.9. The van der Waals surface area contributed by atoms with Crippen molar-refractivity contribution in [1.82, 2.24) is 25.5 Å². The third kappa shape index (κ3) is 7.70. The topological polar surface area (TPSA) is 133 Å². The van der Waals surface area contributed by atoms with Gasteiger partial charge in [0.1, 0.15) is 18.2 Å². The number of carbonyl (C=O) groups is 3. The van der Waals surface area contributed by atoms with E-state index in [1.54, 1.807) is 40.2 Å². The molecule has 6 unspecified atom stereocenters. The largest absolute Gasteiger partial charge is 0.446 e. The van der Waals surface area contributed by atoms with Gasteiger partial charge in [-0.15, -0.1) is 0 Å². The highest BCUT2D eigenvalue weighted by Gasteiger charge is 2.58. The van der Waals surface area contributed by atoms with Crippen LogP contribution in [0.15, 0.2) is 0 Å². The highest BCUT2D eigenvalue weighted by molar-refractivity contribution is 5.83. The number of fused-ring (bicyclic) bond motifs is 2. The Labute approximate surface area is 300 Å². The molecule has 1 aliphatic heterocycles. The summed E-state index contributed by atoms with van der Waals surface area (Å²) in [6.45, 7) is 8.91. The van der Waals surface area contributed by atoms with E-state index in [1.807, 2.05) is 0 Å². The first-order valence-electron chi connectivity index (χ1n) is 19.3. The van der Waals surface area contributed by atoms with Gasteiger partial charge in [0.2, 0.25) is 11.8 Å². The molecule has 5 aliphatic carbocycles. The van der Waals surface area contributed by atoms with Crippen LogP contribution in [0.2, 0.25) is 0 Å². The number of ether oxygens (including phenoxy) is 2. The summed E-state index contributed by atoms with van der Waals surface area (Å²) < 4.78 is 12.2. The van der Waals surface area contributed by atoms with Crippen molar-refractivity contribution in [3.05, 3.63) is 0 Å². The third-order valence-electron chi connectivity index (χ3n) is 14.1. The van der Waals surface area contributed by atoms with Gasteiger partial charge in [-0.1, -0.05) is 27.2 Å². The summed E-state index contributed by atoms with van der Waals surface area (Å²) in [6.07, 6.45) is 5.90. The Hall–Kier alpha value is -1.99. The monoisotopic (exact) mass is 706 g/mol. The van der Waals surface area contributed by atoms with Gasteiger partial charge in [0.05, 0.1) is 18.6 Å². The summed E-state index contributed by atoms with van der Waals surface area (Å²) in [4.78, 5) is 50.3. The number of rotatable bonds is 11. The number of hydrogen-bond donors (Lipinski definition) is 3. The number of hydroxylamine groups is 2. The molecule has 3 N–H and O–H groups in total. The second kappa shape index (κ2) is 15.9. The van der Waals surface area contributed by atoms with Crippen LogP contribution in [-0.2, 0) is 23.9 Å². The van der Waals surface area contributed by atoms with Gasteiger partial charge >= 0.3 is 6.09 Å². The average Bonchev–Trinajstić information content (AvgIpc) is 3.46. The van der Waals surface area contributed by atoms with E-state index in [9.17, 15) is 19.5 Å². The summed E-state index contributed by atoms with van der Waals surface area (Å²) in [5.74, 6) is 1.56. The summed E-state index contributed by atoms with van der Waals surface area (Å²) in [6, 6.07) is -0.372. The summed E-state index contributed by atoms with van der Waals surface area (Å²) in [5.41, 5.74) is 0.292. The van der Waals surface area contributed by atoms with Crippen LogP contribution in [0, 0.1) is 52.8 Å². The van der Waals surface area contributed by atoms with Gasteiger partial charge in [-0.2, -0.15) is 5.06 Å². The molecule has 286 valence electrons. The Morgan fingerprint density at radius 2 is 1.76 bits per heavy atom. The first-order chi connectivity index (χ1) is 23.6. The van der Waals surface area contributed by atoms with E-state index in [4.69, 9.17) is 14.3 Å². The van der Waals surface area contributed by atoms with Gasteiger partial charge in [-0.25, -0.2) is 4.79 Å². The van der Waals surface area contributed by atoms with E-state index in [-0.39, 0.29) is 48.3 Å². The Kier molecular flexibility index (Phi) is 12.5. The molecule has 0 aromatic rings. The van der Waals surface area contributed by atoms with Crippen LogP contribution in [0.1, 0.15) is 79.1 Å². The number of aliphatic hydroxyl groups excluding tert-OH is 1. The SMILES string of the molecule is CNC(=O)C1CC(C2CCCC(CN3O[C@@H](CO)[C@@H]([C@H](C)OC(=O)N(C)C)[C@H]3C(=O)N[C@H]3C[C@H]4C[C@@H]([C@@H]3C)C4(C)C)C2OC)CC(N(C)C)C1. The van der Waals surface area contributed by atoms with Crippen LogP contribution in [0.25, 0.3) is 0 Å². The minimum absolute atomic E-state index is 0.0322. The molecule has 2 bridgehead atoms. The summed E-state index contributed by atoms with van der Waals surface area (Å²) in [7, 11) is 11.0. The van der Waals surface area contributed by atoms with Crippen LogP contribution in [0.5, 0.6) is 0 Å². The highest BCUT2D eigenvalue weighted by Crippen LogP contribution is 2.61. The quantitative estimate of drug-likeness (QED) is 0.296.